The Kier molecular flexibility index (Phi) is 7.86. The molecule has 2 aliphatic heterocycles. The molecule has 5 rings (SSSR count). The van der Waals surface area contributed by atoms with E-state index < -0.39 is 10.0 Å². The third kappa shape index (κ3) is 5.91. The van der Waals surface area contributed by atoms with E-state index in [9.17, 15) is 17.6 Å². The van der Waals surface area contributed by atoms with Crippen molar-refractivity contribution >= 4 is 33.8 Å². The number of piperidine rings is 1. The number of carbonyl (C=O) groups is 1. The molecule has 0 atom stereocenters. The van der Waals surface area contributed by atoms with Crippen LogP contribution in [0.4, 0.5) is 10.1 Å². The summed E-state index contributed by atoms with van der Waals surface area (Å²) in [6, 6.07) is 14.3. The molecule has 10 heteroatoms. The molecule has 8 nitrogen and oxygen atoms in total. The molecule has 2 fully saturated rings. The maximum atomic E-state index is 13.6. The van der Waals surface area contributed by atoms with Crippen LogP contribution in [0.5, 0.6) is 0 Å². The van der Waals surface area contributed by atoms with Crippen LogP contribution >= 0.6 is 0 Å². The van der Waals surface area contributed by atoms with Gasteiger partial charge in [0, 0.05) is 50.9 Å². The fourth-order valence-electron chi connectivity index (χ4n) is 5.22. The van der Waals surface area contributed by atoms with Crippen LogP contribution in [0, 0.1) is 25.6 Å². The van der Waals surface area contributed by atoms with E-state index >= 15 is 0 Å². The Hall–Kier alpha value is -3.50. The molecule has 2 saturated heterocycles. The number of anilines is 1. The second kappa shape index (κ2) is 11.3. The number of nitrogens with zero attached hydrogens (tertiary/aromatic N) is 4. The van der Waals surface area contributed by atoms with Crippen LogP contribution in [0.2, 0.25) is 0 Å². The van der Waals surface area contributed by atoms with Gasteiger partial charge in [0.1, 0.15) is 11.5 Å². The molecule has 0 aliphatic carbocycles. The molecule has 0 N–H and O–H groups in total. The first-order valence-electron chi connectivity index (χ1n) is 13.2. The summed E-state index contributed by atoms with van der Waals surface area (Å²) in [5.41, 5.74) is 3.32. The molecule has 3 aromatic rings. The quantitative estimate of drug-likeness (QED) is 0.452. The SMILES string of the molecule is Cc1ccc(/C=C/c2onc(C)c2S(=O)(=O)N2CCC(C(=O)N3CCN(c4ccc(F)cc4)CC3)CC2)cc1. The lowest BCUT2D eigenvalue weighted by atomic mass is 9.96. The van der Waals surface area contributed by atoms with E-state index in [1.54, 1.807) is 31.2 Å². The Morgan fingerprint density at radius 2 is 1.56 bits per heavy atom. The average molecular weight is 553 g/mol. The zero-order chi connectivity index (χ0) is 27.6. The number of piperazine rings is 1. The molecule has 0 saturated carbocycles. The topological polar surface area (TPSA) is 87.0 Å². The third-order valence-electron chi connectivity index (χ3n) is 7.52. The monoisotopic (exact) mass is 552 g/mol. The van der Waals surface area contributed by atoms with Crippen molar-refractivity contribution in [3.63, 3.8) is 0 Å². The molecule has 0 unspecified atom stereocenters. The van der Waals surface area contributed by atoms with Crippen molar-refractivity contribution in [1.29, 1.82) is 0 Å². The number of aryl methyl sites for hydroxylation is 2. The Morgan fingerprint density at radius 1 is 0.923 bits per heavy atom. The molecule has 39 heavy (non-hydrogen) atoms. The number of halogens is 1. The standard InChI is InChI=1S/C29H33FN4O4S/c1-21-3-5-23(6-4-21)7-12-27-28(22(2)31-38-27)39(36,37)34-15-13-24(14-16-34)29(35)33-19-17-32(18-20-33)26-10-8-25(30)9-11-26/h3-12,24H,13-20H2,1-2H3/b12-7+. The number of rotatable bonds is 6. The highest BCUT2D eigenvalue weighted by molar-refractivity contribution is 7.89. The van der Waals surface area contributed by atoms with Gasteiger partial charge in [-0.3, -0.25) is 4.79 Å². The molecule has 2 aromatic carbocycles. The fraction of sp³-hybridized carbons (Fsp3) is 0.379. The average Bonchev–Trinajstić information content (AvgIpc) is 3.34. The molecular weight excluding hydrogens is 519 g/mol. The van der Waals surface area contributed by atoms with Gasteiger partial charge in [-0.2, -0.15) is 4.31 Å². The summed E-state index contributed by atoms with van der Waals surface area (Å²) in [5.74, 6) is -0.202. The van der Waals surface area contributed by atoms with Crippen molar-refractivity contribution < 1.29 is 22.1 Å². The third-order valence-corrected chi connectivity index (χ3v) is 9.58. The fourth-order valence-corrected chi connectivity index (χ4v) is 6.94. The minimum Gasteiger partial charge on any atom is -0.368 e. The van der Waals surface area contributed by atoms with Gasteiger partial charge < -0.3 is 14.3 Å². The first-order chi connectivity index (χ1) is 18.7. The smallest absolute Gasteiger partial charge is 0.248 e. The van der Waals surface area contributed by atoms with Gasteiger partial charge in [-0.15, -0.1) is 0 Å². The number of sulfonamides is 1. The minimum absolute atomic E-state index is 0.0764. The maximum absolute atomic E-state index is 13.6. The van der Waals surface area contributed by atoms with Crippen molar-refractivity contribution in [3.05, 3.63) is 76.9 Å². The number of hydrogen-bond acceptors (Lipinski definition) is 6. The summed E-state index contributed by atoms with van der Waals surface area (Å²) in [6.45, 7) is 6.69. The predicted molar refractivity (Wildman–Crippen MR) is 148 cm³/mol. The largest absolute Gasteiger partial charge is 0.368 e. The Bertz CT molecular complexity index is 1440. The maximum Gasteiger partial charge on any atom is 0.248 e. The number of carbonyl (C=O) groups excluding carboxylic acids is 1. The number of amides is 1. The van der Waals surface area contributed by atoms with Gasteiger partial charge in [-0.05, 0) is 62.6 Å². The first kappa shape index (κ1) is 27.1. The normalized spacial score (nSPS) is 17.7. The molecule has 3 heterocycles. The molecule has 206 valence electrons. The lowest BCUT2D eigenvalue weighted by Gasteiger charge is -2.39. The Balaban J connectivity index is 1.19. The van der Waals surface area contributed by atoms with Gasteiger partial charge in [0.05, 0.1) is 0 Å². The van der Waals surface area contributed by atoms with Crippen LogP contribution < -0.4 is 4.90 Å². The van der Waals surface area contributed by atoms with Gasteiger partial charge in [-0.1, -0.05) is 41.1 Å². The Morgan fingerprint density at radius 3 is 2.21 bits per heavy atom. The molecule has 0 spiro atoms. The lowest BCUT2D eigenvalue weighted by Crippen LogP contribution is -2.52. The number of benzene rings is 2. The summed E-state index contributed by atoms with van der Waals surface area (Å²) in [6.07, 6.45) is 4.38. The van der Waals surface area contributed by atoms with Crippen LogP contribution in [0.25, 0.3) is 12.2 Å². The summed E-state index contributed by atoms with van der Waals surface area (Å²) in [7, 11) is -3.84. The molecule has 1 aromatic heterocycles. The molecule has 1 amide bonds. The van der Waals surface area contributed by atoms with Gasteiger partial charge in [0.15, 0.2) is 10.7 Å². The highest BCUT2D eigenvalue weighted by atomic mass is 32.2. The second-order valence-corrected chi connectivity index (χ2v) is 12.0. The van der Waals surface area contributed by atoms with Crippen molar-refractivity contribution in [2.45, 2.75) is 31.6 Å². The van der Waals surface area contributed by atoms with E-state index in [-0.39, 0.29) is 41.4 Å². The second-order valence-electron chi connectivity index (χ2n) is 10.2. The molecule has 0 radical (unpaired) electrons. The highest BCUT2D eigenvalue weighted by Crippen LogP contribution is 2.30. The van der Waals surface area contributed by atoms with E-state index in [0.29, 0.717) is 44.7 Å². The van der Waals surface area contributed by atoms with E-state index in [2.05, 4.69) is 10.1 Å². The van der Waals surface area contributed by atoms with Crippen molar-refractivity contribution in [2.75, 3.05) is 44.2 Å². The summed E-state index contributed by atoms with van der Waals surface area (Å²) in [5, 5.41) is 3.93. The predicted octanol–water partition coefficient (Wildman–Crippen LogP) is 4.35. The number of hydrogen-bond donors (Lipinski definition) is 0. The van der Waals surface area contributed by atoms with E-state index in [1.165, 1.54) is 16.4 Å². The molecule has 2 aliphatic rings. The van der Waals surface area contributed by atoms with E-state index in [0.717, 1.165) is 16.8 Å². The van der Waals surface area contributed by atoms with Gasteiger partial charge >= 0.3 is 0 Å². The summed E-state index contributed by atoms with van der Waals surface area (Å²) < 4.78 is 47.2. The van der Waals surface area contributed by atoms with Crippen molar-refractivity contribution in [1.82, 2.24) is 14.4 Å². The zero-order valence-corrected chi connectivity index (χ0v) is 23.0. The van der Waals surface area contributed by atoms with Crippen LogP contribution in [-0.2, 0) is 14.8 Å². The minimum atomic E-state index is -3.84. The summed E-state index contributed by atoms with van der Waals surface area (Å²) in [4.78, 5) is 17.3. The molecule has 0 bridgehead atoms. The number of aromatic nitrogens is 1. The summed E-state index contributed by atoms with van der Waals surface area (Å²) >= 11 is 0. The highest BCUT2D eigenvalue weighted by Gasteiger charge is 2.37. The van der Waals surface area contributed by atoms with Crippen LogP contribution in [0.3, 0.4) is 0 Å². The molecular formula is C29H33FN4O4S. The lowest BCUT2D eigenvalue weighted by molar-refractivity contribution is -0.137. The first-order valence-corrected chi connectivity index (χ1v) is 14.7. The van der Waals surface area contributed by atoms with Gasteiger partial charge in [0.25, 0.3) is 0 Å². The van der Waals surface area contributed by atoms with Crippen LogP contribution in [0.15, 0.2) is 57.9 Å². The van der Waals surface area contributed by atoms with Gasteiger partial charge in [-0.25, -0.2) is 12.8 Å². The van der Waals surface area contributed by atoms with Crippen LogP contribution in [0.1, 0.15) is 35.4 Å². The van der Waals surface area contributed by atoms with Crippen LogP contribution in [-0.4, -0.2) is 68.0 Å². The van der Waals surface area contributed by atoms with Gasteiger partial charge in [0.2, 0.25) is 15.9 Å². The zero-order valence-electron chi connectivity index (χ0n) is 22.2. The van der Waals surface area contributed by atoms with Crippen molar-refractivity contribution in [3.8, 4) is 0 Å². The van der Waals surface area contributed by atoms with Crippen molar-refractivity contribution in [2.24, 2.45) is 5.92 Å². The van der Waals surface area contributed by atoms with E-state index in [1.807, 2.05) is 36.1 Å². The Labute approximate surface area is 228 Å². The van der Waals surface area contributed by atoms with E-state index in [4.69, 9.17) is 4.52 Å².